The molecule has 1 fully saturated rings. The number of carbonyl (C=O) groups excluding carboxylic acids is 3. The van der Waals surface area contributed by atoms with Crippen LogP contribution in [0.5, 0.6) is 5.75 Å². The Morgan fingerprint density at radius 1 is 1.19 bits per heavy atom. The Bertz CT molecular complexity index is 1090. The van der Waals surface area contributed by atoms with E-state index in [1.807, 2.05) is 12.1 Å². The van der Waals surface area contributed by atoms with Crippen molar-refractivity contribution in [2.45, 2.75) is 26.5 Å². The molecule has 0 bridgehead atoms. The molecule has 0 aliphatic carbocycles. The Hall–Kier alpha value is -3.57. The van der Waals surface area contributed by atoms with Crippen LogP contribution in [0, 0.1) is 11.3 Å². The lowest BCUT2D eigenvalue weighted by Crippen LogP contribution is -2.42. The summed E-state index contributed by atoms with van der Waals surface area (Å²) in [6, 6.07) is 15.3. The average Bonchev–Trinajstić information content (AvgIpc) is 3.05. The number of hydrogen-bond donors (Lipinski definition) is 0. The topological polar surface area (TPSA) is 96.7 Å². The van der Waals surface area contributed by atoms with Gasteiger partial charge in [-0.25, -0.2) is 4.79 Å². The Labute approximate surface area is 184 Å². The number of para-hydroxylation sites is 1. The molecule has 1 saturated heterocycles. The molecule has 2 aromatic rings. The molecule has 158 valence electrons. The maximum absolute atomic E-state index is 12.8. The zero-order valence-corrected chi connectivity index (χ0v) is 17.8. The quantitative estimate of drug-likeness (QED) is 0.476. The van der Waals surface area contributed by atoms with Gasteiger partial charge in [-0.2, -0.15) is 5.26 Å². The third kappa shape index (κ3) is 4.95. The number of rotatable bonds is 7. The Morgan fingerprint density at radius 2 is 1.90 bits per heavy atom. The molecule has 2 amide bonds. The van der Waals surface area contributed by atoms with E-state index in [0.717, 1.165) is 22.2 Å². The number of esters is 1. The van der Waals surface area contributed by atoms with Crippen molar-refractivity contribution in [1.29, 1.82) is 5.26 Å². The van der Waals surface area contributed by atoms with Gasteiger partial charge in [-0.1, -0.05) is 36.4 Å². The summed E-state index contributed by atoms with van der Waals surface area (Å²) in [6.07, 6.45) is 1.56. The number of amides is 2. The lowest BCUT2D eigenvalue weighted by Gasteiger charge is -2.19. The first-order valence-electron chi connectivity index (χ1n) is 9.59. The van der Waals surface area contributed by atoms with Crippen molar-refractivity contribution in [3.05, 3.63) is 70.1 Å². The van der Waals surface area contributed by atoms with Crippen molar-refractivity contribution in [2.75, 3.05) is 6.61 Å². The van der Waals surface area contributed by atoms with Crippen molar-refractivity contribution < 1.29 is 23.9 Å². The van der Waals surface area contributed by atoms with Crippen molar-refractivity contribution in [3.63, 3.8) is 0 Å². The van der Waals surface area contributed by atoms with Gasteiger partial charge in [-0.15, -0.1) is 0 Å². The number of carbonyl (C=O) groups is 3. The second-order valence-corrected chi connectivity index (χ2v) is 7.57. The minimum Gasteiger partial charge on any atom is -0.488 e. The number of benzene rings is 2. The van der Waals surface area contributed by atoms with E-state index >= 15 is 0 Å². The molecule has 3 rings (SSSR count). The first-order valence-corrected chi connectivity index (χ1v) is 10.4. The fourth-order valence-corrected chi connectivity index (χ4v) is 3.86. The summed E-state index contributed by atoms with van der Waals surface area (Å²) in [7, 11) is 0. The van der Waals surface area contributed by atoms with E-state index in [-0.39, 0.29) is 18.1 Å². The van der Waals surface area contributed by atoms with E-state index in [0.29, 0.717) is 16.9 Å². The van der Waals surface area contributed by atoms with Crippen molar-refractivity contribution >= 4 is 35.0 Å². The molecule has 2 aromatic carbocycles. The molecule has 0 radical (unpaired) electrons. The fraction of sp³-hybridized carbons (Fsp3) is 0.217. The molecule has 0 unspecified atom stereocenters. The van der Waals surface area contributed by atoms with Gasteiger partial charge in [0.15, 0.2) is 0 Å². The first kappa shape index (κ1) is 22.1. The maximum Gasteiger partial charge on any atom is 0.329 e. The van der Waals surface area contributed by atoms with E-state index in [2.05, 4.69) is 6.07 Å². The minimum atomic E-state index is -1.01. The molecule has 1 heterocycles. The van der Waals surface area contributed by atoms with E-state index in [1.54, 1.807) is 49.4 Å². The Kier molecular flexibility index (Phi) is 7.11. The minimum absolute atomic E-state index is 0.162. The van der Waals surface area contributed by atoms with Crippen LogP contribution in [-0.4, -0.2) is 34.7 Å². The van der Waals surface area contributed by atoms with Crippen molar-refractivity contribution in [1.82, 2.24) is 4.90 Å². The van der Waals surface area contributed by atoms with Crippen molar-refractivity contribution in [2.24, 2.45) is 0 Å². The molecule has 0 aromatic heterocycles. The summed E-state index contributed by atoms with van der Waals surface area (Å²) in [5.74, 6) is -0.688. The first-order chi connectivity index (χ1) is 15.0. The summed E-state index contributed by atoms with van der Waals surface area (Å²) in [6.45, 7) is 3.45. The molecule has 1 aliphatic rings. The standard InChI is InChI=1S/C23H20N2O5S/c1-3-29-22(27)15(2)25-21(26)20(31-23(25)28)12-16-8-6-7-11-19(16)30-14-18-10-5-4-9-17(18)13-24/h4-12,15H,3,14H2,1-2H3/b20-12+/t15-/m1/s1. The summed E-state index contributed by atoms with van der Waals surface area (Å²) in [5, 5.41) is 8.70. The van der Waals surface area contributed by atoms with Gasteiger partial charge in [-0.3, -0.25) is 14.5 Å². The third-order valence-electron chi connectivity index (χ3n) is 4.57. The van der Waals surface area contributed by atoms with Gasteiger partial charge in [0.25, 0.3) is 11.1 Å². The maximum atomic E-state index is 12.8. The lowest BCUT2D eigenvalue weighted by molar-refractivity contribution is -0.150. The van der Waals surface area contributed by atoms with Gasteiger partial charge in [0.05, 0.1) is 23.1 Å². The largest absolute Gasteiger partial charge is 0.488 e. The lowest BCUT2D eigenvalue weighted by atomic mass is 10.1. The molecule has 1 aliphatic heterocycles. The molecule has 8 heteroatoms. The zero-order chi connectivity index (χ0) is 22.4. The monoisotopic (exact) mass is 436 g/mol. The van der Waals surface area contributed by atoms with E-state index in [1.165, 1.54) is 6.92 Å². The predicted octanol–water partition coefficient (Wildman–Crippen LogP) is 4.13. The number of ether oxygens (including phenoxy) is 2. The fourth-order valence-electron chi connectivity index (χ4n) is 2.97. The van der Waals surface area contributed by atoms with Crippen LogP contribution in [0.3, 0.4) is 0 Å². The average molecular weight is 436 g/mol. The van der Waals surface area contributed by atoms with Crippen LogP contribution >= 0.6 is 11.8 Å². The number of nitrogens with zero attached hydrogens (tertiary/aromatic N) is 2. The Balaban J connectivity index is 1.81. The molecular weight excluding hydrogens is 416 g/mol. The second kappa shape index (κ2) is 9.96. The molecule has 0 spiro atoms. The molecule has 0 N–H and O–H groups in total. The van der Waals surface area contributed by atoms with Crippen LogP contribution in [0.25, 0.3) is 6.08 Å². The number of imide groups is 1. The van der Waals surface area contributed by atoms with Gasteiger partial charge in [0.2, 0.25) is 0 Å². The molecule has 1 atom stereocenters. The van der Waals surface area contributed by atoms with E-state index < -0.39 is 23.2 Å². The van der Waals surface area contributed by atoms with Crippen LogP contribution in [0.1, 0.15) is 30.5 Å². The van der Waals surface area contributed by atoms with Gasteiger partial charge in [-0.05, 0) is 43.8 Å². The molecule has 31 heavy (non-hydrogen) atoms. The van der Waals surface area contributed by atoms with Gasteiger partial charge in [0, 0.05) is 11.1 Å². The van der Waals surface area contributed by atoms with Crippen LogP contribution in [-0.2, 0) is 20.9 Å². The van der Waals surface area contributed by atoms with Crippen molar-refractivity contribution in [3.8, 4) is 11.8 Å². The van der Waals surface area contributed by atoms with Crippen LogP contribution in [0.15, 0.2) is 53.4 Å². The van der Waals surface area contributed by atoms with E-state index in [9.17, 15) is 19.6 Å². The highest BCUT2D eigenvalue weighted by atomic mass is 32.2. The van der Waals surface area contributed by atoms with Gasteiger partial charge in [0.1, 0.15) is 18.4 Å². The zero-order valence-electron chi connectivity index (χ0n) is 17.0. The van der Waals surface area contributed by atoms with E-state index in [4.69, 9.17) is 9.47 Å². The number of hydrogen-bond acceptors (Lipinski definition) is 7. The predicted molar refractivity (Wildman–Crippen MR) is 116 cm³/mol. The van der Waals surface area contributed by atoms with Gasteiger partial charge < -0.3 is 9.47 Å². The third-order valence-corrected chi connectivity index (χ3v) is 5.45. The smallest absolute Gasteiger partial charge is 0.329 e. The highest BCUT2D eigenvalue weighted by Crippen LogP contribution is 2.35. The SMILES string of the molecule is CCOC(=O)[C@@H](C)N1C(=O)S/C(=C/c2ccccc2OCc2ccccc2C#N)C1=O. The highest BCUT2D eigenvalue weighted by Gasteiger charge is 2.41. The summed E-state index contributed by atoms with van der Waals surface area (Å²) < 4.78 is 10.8. The number of nitriles is 1. The molecule has 7 nitrogen and oxygen atoms in total. The van der Waals surface area contributed by atoms with Crippen LogP contribution in [0.4, 0.5) is 4.79 Å². The summed E-state index contributed by atoms with van der Waals surface area (Å²) in [4.78, 5) is 38.2. The second-order valence-electron chi connectivity index (χ2n) is 6.58. The Morgan fingerprint density at radius 3 is 2.65 bits per heavy atom. The van der Waals surface area contributed by atoms with Crippen LogP contribution < -0.4 is 4.74 Å². The summed E-state index contributed by atoms with van der Waals surface area (Å²) >= 11 is 0.762. The normalized spacial score (nSPS) is 15.6. The van der Waals surface area contributed by atoms with Gasteiger partial charge >= 0.3 is 5.97 Å². The van der Waals surface area contributed by atoms with Crippen LogP contribution in [0.2, 0.25) is 0 Å². The highest BCUT2D eigenvalue weighted by molar-refractivity contribution is 8.18. The number of thioether (sulfide) groups is 1. The summed E-state index contributed by atoms with van der Waals surface area (Å²) in [5.41, 5.74) is 1.86. The molecule has 0 saturated carbocycles. The molecular formula is C23H20N2O5S.